The number of nitrogens with one attached hydrogen (secondary N) is 1. The average Bonchev–Trinajstić information content (AvgIpc) is 2.44. The van der Waals surface area contributed by atoms with Gasteiger partial charge in [-0.25, -0.2) is 0 Å². The molecule has 0 saturated carbocycles. The summed E-state index contributed by atoms with van der Waals surface area (Å²) in [5.74, 6) is 1.65. The Morgan fingerprint density at radius 1 is 1.00 bits per heavy atom. The van der Waals surface area contributed by atoms with E-state index >= 15 is 0 Å². The lowest BCUT2D eigenvalue weighted by Gasteiger charge is -2.13. The van der Waals surface area contributed by atoms with E-state index in [4.69, 9.17) is 9.47 Å². The van der Waals surface area contributed by atoms with Crippen LogP contribution in [0.5, 0.6) is 5.75 Å². The van der Waals surface area contributed by atoms with Crippen LogP contribution in [0.25, 0.3) is 0 Å². The van der Waals surface area contributed by atoms with Crippen LogP contribution in [-0.2, 0) is 11.3 Å². The van der Waals surface area contributed by atoms with Crippen molar-refractivity contribution >= 4 is 0 Å². The minimum Gasteiger partial charge on any atom is -0.494 e. The molecule has 0 spiro atoms. The molecule has 0 aliphatic carbocycles. The summed E-state index contributed by atoms with van der Waals surface area (Å²) in [6, 6.07) is 8.83. The summed E-state index contributed by atoms with van der Waals surface area (Å²) in [6.45, 7) is 9.09. The van der Waals surface area contributed by atoms with Gasteiger partial charge in [0, 0.05) is 26.3 Å². The minimum absolute atomic E-state index is 0.469. The van der Waals surface area contributed by atoms with E-state index in [0.29, 0.717) is 12.0 Å². The number of ether oxygens (including phenoxy) is 2. The highest BCUT2D eigenvalue weighted by molar-refractivity contribution is 5.27. The van der Waals surface area contributed by atoms with Crippen LogP contribution >= 0.6 is 0 Å². The molecule has 0 aliphatic rings. The second-order valence-corrected chi connectivity index (χ2v) is 5.74. The monoisotopic (exact) mass is 279 g/mol. The normalized spacial score (nSPS) is 12.7. The van der Waals surface area contributed by atoms with Gasteiger partial charge in [0.05, 0.1) is 6.61 Å². The summed E-state index contributed by atoms with van der Waals surface area (Å²) in [5.41, 5.74) is 1.28. The van der Waals surface area contributed by atoms with Gasteiger partial charge < -0.3 is 14.8 Å². The SMILES string of the molecule is COCCC(C)NCc1ccc(OCCC(C)C)cc1. The highest BCUT2D eigenvalue weighted by Crippen LogP contribution is 2.13. The maximum Gasteiger partial charge on any atom is 0.119 e. The number of rotatable bonds is 10. The first-order valence-corrected chi connectivity index (χ1v) is 7.56. The van der Waals surface area contributed by atoms with E-state index < -0.39 is 0 Å². The Morgan fingerprint density at radius 3 is 2.30 bits per heavy atom. The van der Waals surface area contributed by atoms with Gasteiger partial charge in [-0.3, -0.25) is 0 Å². The van der Waals surface area contributed by atoms with Crippen molar-refractivity contribution in [3.63, 3.8) is 0 Å². The molecule has 1 aromatic carbocycles. The standard InChI is InChI=1S/C17H29NO2/c1-14(2)9-12-20-17-7-5-16(6-8-17)13-18-15(3)10-11-19-4/h5-8,14-15,18H,9-13H2,1-4H3. The molecule has 0 bridgehead atoms. The van der Waals surface area contributed by atoms with E-state index in [1.165, 1.54) is 5.56 Å². The quantitative estimate of drug-likeness (QED) is 0.709. The third-order valence-electron chi connectivity index (χ3n) is 3.30. The van der Waals surface area contributed by atoms with Crippen LogP contribution in [0.4, 0.5) is 0 Å². The summed E-state index contributed by atoms with van der Waals surface area (Å²) < 4.78 is 10.8. The molecular weight excluding hydrogens is 250 g/mol. The Balaban J connectivity index is 2.27. The van der Waals surface area contributed by atoms with Crippen molar-refractivity contribution < 1.29 is 9.47 Å². The summed E-state index contributed by atoms with van der Waals surface area (Å²) in [6.07, 6.45) is 2.13. The molecule has 3 nitrogen and oxygen atoms in total. The van der Waals surface area contributed by atoms with Crippen LogP contribution in [-0.4, -0.2) is 26.4 Å². The maximum atomic E-state index is 5.71. The third-order valence-corrected chi connectivity index (χ3v) is 3.30. The van der Waals surface area contributed by atoms with E-state index in [2.05, 4.69) is 50.4 Å². The molecule has 0 amide bonds. The number of hydrogen-bond donors (Lipinski definition) is 1. The fraction of sp³-hybridized carbons (Fsp3) is 0.647. The van der Waals surface area contributed by atoms with Gasteiger partial charge in [-0.15, -0.1) is 0 Å². The molecule has 3 heteroatoms. The lowest BCUT2D eigenvalue weighted by molar-refractivity contribution is 0.184. The predicted molar refractivity (Wildman–Crippen MR) is 84.2 cm³/mol. The third kappa shape index (κ3) is 7.51. The molecule has 0 radical (unpaired) electrons. The Morgan fingerprint density at radius 2 is 1.70 bits per heavy atom. The first kappa shape index (κ1) is 17.0. The molecule has 0 heterocycles. The molecule has 1 unspecified atom stereocenters. The van der Waals surface area contributed by atoms with Crippen LogP contribution in [0, 0.1) is 5.92 Å². The smallest absolute Gasteiger partial charge is 0.119 e. The summed E-state index contributed by atoms with van der Waals surface area (Å²) in [7, 11) is 1.74. The Kier molecular flexibility index (Phi) is 8.31. The average molecular weight is 279 g/mol. The van der Waals surface area contributed by atoms with Gasteiger partial charge in [0.15, 0.2) is 0 Å². The largest absolute Gasteiger partial charge is 0.494 e. The van der Waals surface area contributed by atoms with Gasteiger partial charge in [-0.05, 0) is 43.4 Å². The van der Waals surface area contributed by atoms with Crippen LogP contribution in [0.3, 0.4) is 0 Å². The lowest BCUT2D eigenvalue weighted by Crippen LogP contribution is -2.26. The Bertz CT molecular complexity index is 349. The van der Waals surface area contributed by atoms with E-state index in [1.54, 1.807) is 7.11 Å². The van der Waals surface area contributed by atoms with Crippen molar-refractivity contribution in [2.45, 2.75) is 46.2 Å². The molecule has 20 heavy (non-hydrogen) atoms. The number of methoxy groups -OCH3 is 1. The molecule has 1 rings (SSSR count). The molecule has 0 saturated heterocycles. The van der Waals surface area contributed by atoms with Crippen molar-refractivity contribution in [1.82, 2.24) is 5.32 Å². The van der Waals surface area contributed by atoms with Crippen molar-refractivity contribution in [2.75, 3.05) is 20.3 Å². The topological polar surface area (TPSA) is 30.5 Å². The summed E-state index contributed by atoms with van der Waals surface area (Å²) in [5, 5.41) is 3.49. The molecule has 1 N–H and O–H groups in total. The zero-order chi connectivity index (χ0) is 14.8. The Labute approximate surface area is 123 Å². The number of benzene rings is 1. The van der Waals surface area contributed by atoms with Gasteiger partial charge >= 0.3 is 0 Å². The Hall–Kier alpha value is -1.06. The molecule has 0 aliphatic heterocycles. The van der Waals surface area contributed by atoms with Gasteiger partial charge in [-0.2, -0.15) is 0 Å². The van der Waals surface area contributed by atoms with Gasteiger partial charge in [0.25, 0.3) is 0 Å². The van der Waals surface area contributed by atoms with E-state index in [-0.39, 0.29) is 0 Å². The first-order chi connectivity index (χ1) is 9.61. The number of hydrogen-bond acceptors (Lipinski definition) is 3. The van der Waals surface area contributed by atoms with Crippen LogP contribution < -0.4 is 10.1 Å². The van der Waals surface area contributed by atoms with E-state index in [1.807, 2.05) is 0 Å². The highest BCUT2D eigenvalue weighted by Gasteiger charge is 2.02. The molecule has 114 valence electrons. The van der Waals surface area contributed by atoms with Crippen LogP contribution in [0.2, 0.25) is 0 Å². The first-order valence-electron chi connectivity index (χ1n) is 7.56. The van der Waals surface area contributed by atoms with Crippen LogP contribution in [0.1, 0.15) is 39.2 Å². The van der Waals surface area contributed by atoms with E-state index in [9.17, 15) is 0 Å². The maximum absolute atomic E-state index is 5.71. The minimum atomic E-state index is 0.469. The van der Waals surface area contributed by atoms with Crippen LogP contribution in [0.15, 0.2) is 24.3 Å². The zero-order valence-corrected chi connectivity index (χ0v) is 13.3. The predicted octanol–water partition coefficient (Wildman–Crippen LogP) is 3.63. The van der Waals surface area contributed by atoms with E-state index in [0.717, 1.165) is 38.3 Å². The van der Waals surface area contributed by atoms with Gasteiger partial charge in [0.1, 0.15) is 5.75 Å². The fourth-order valence-corrected chi connectivity index (χ4v) is 1.80. The lowest BCUT2D eigenvalue weighted by atomic mass is 10.1. The highest BCUT2D eigenvalue weighted by atomic mass is 16.5. The summed E-state index contributed by atoms with van der Waals surface area (Å²) in [4.78, 5) is 0. The molecule has 1 atom stereocenters. The molecule has 0 fully saturated rings. The van der Waals surface area contributed by atoms with Crippen molar-refractivity contribution in [2.24, 2.45) is 5.92 Å². The van der Waals surface area contributed by atoms with Gasteiger partial charge in [-0.1, -0.05) is 26.0 Å². The second-order valence-electron chi connectivity index (χ2n) is 5.74. The summed E-state index contributed by atoms with van der Waals surface area (Å²) >= 11 is 0. The molecule has 1 aromatic rings. The van der Waals surface area contributed by atoms with Crippen molar-refractivity contribution in [3.05, 3.63) is 29.8 Å². The second kappa shape index (κ2) is 9.78. The van der Waals surface area contributed by atoms with Gasteiger partial charge in [0.2, 0.25) is 0 Å². The molecular formula is C17H29NO2. The fourth-order valence-electron chi connectivity index (χ4n) is 1.80. The zero-order valence-electron chi connectivity index (χ0n) is 13.3. The van der Waals surface area contributed by atoms with Crippen molar-refractivity contribution in [3.8, 4) is 5.75 Å². The molecule has 0 aromatic heterocycles. The van der Waals surface area contributed by atoms with Crippen molar-refractivity contribution in [1.29, 1.82) is 0 Å².